The minimum Gasteiger partial charge on any atom is -0.480 e. The molecule has 0 unspecified atom stereocenters. The number of hydrogen-bond acceptors (Lipinski definition) is 8. The molecule has 1 aliphatic heterocycles. The van der Waals surface area contributed by atoms with Crippen LogP contribution in [0.3, 0.4) is 0 Å². The molecule has 3 aromatic rings. The van der Waals surface area contributed by atoms with E-state index in [1.807, 2.05) is 23.1 Å². The maximum Gasteiger partial charge on any atom is 0.293 e. The zero-order valence-electron chi connectivity index (χ0n) is 17.4. The Bertz CT molecular complexity index is 1210. The van der Waals surface area contributed by atoms with Gasteiger partial charge < -0.3 is 24.3 Å². The lowest BCUT2D eigenvalue weighted by Crippen LogP contribution is -2.52. The SMILES string of the molecule is COC1CN(c2ncc(Cl)c(Nc3ccc4c(c3)cc(OCC(C)=O)c(=O)n4C)n2)C1. The average molecular weight is 444 g/mol. The highest BCUT2D eigenvalue weighted by atomic mass is 35.5. The monoisotopic (exact) mass is 443 g/mol. The smallest absolute Gasteiger partial charge is 0.293 e. The number of Topliss-reactive ketones (excluding diaryl/α,β-unsaturated/α-hetero) is 1. The summed E-state index contributed by atoms with van der Waals surface area (Å²) in [5, 5.41) is 4.37. The van der Waals surface area contributed by atoms with Gasteiger partial charge in [0.05, 0.1) is 17.8 Å². The molecule has 3 heterocycles. The summed E-state index contributed by atoms with van der Waals surface area (Å²) in [5.74, 6) is 1.01. The Balaban J connectivity index is 1.62. The van der Waals surface area contributed by atoms with Crippen molar-refractivity contribution >= 4 is 45.7 Å². The summed E-state index contributed by atoms with van der Waals surface area (Å²) >= 11 is 6.30. The maximum atomic E-state index is 12.5. The summed E-state index contributed by atoms with van der Waals surface area (Å²) < 4.78 is 12.2. The summed E-state index contributed by atoms with van der Waals surface area (Å²) in [5.41, 5.74) is 1.15. The number of anilines is 3. The minimum absolute atomic E-state index is 0.121. The van der Waals surface area contributed by atoms with E-state index in [0.717, 1.165) is 29.7 Å². The van der Waals surface area contributed by atoms with E-state index in [4.69, 9.17) is 21.1 Å². The van der Waals surface area contributed by atoms with Gasteiger partial charge in [-0.25, -0.2) is 4.98 Å². The molecule has 9 nitrogen and oxygen atoms in total. The van der Waals surface area contributed by atoms with E-state index in [9.17, 15) is 9.59 Å². The summed E-state index contributed by atoms with van der Waals surface area (Å²) in [6, 6.07) is 7.14. The van der Waals surface area contributed by atoms with Crippen LogP contribution in [0.4, 0.5) is 17.5 Å². The highest BCUT2D eigenvalue weighted by Crippen LogP contribution is 2.28. The molecule has 4 rings (SSSR count). The van der Waals surface area contributed by atoms with Crippen LogP contribution in [-0.2, 0) is 16.6 Å². The number of aryl methyl sites for hydroxylation is 1. The van der Waals surface area contributed by atoms with Crippen molar-refractivity contribution in [3.63, 3.8) is 0 Å². The zero-order chi connectivity index (χ0) is 22.1. The van der Waals surface area contributed by atoms with E-state index in [2.05, 4.69) is 15.3 Å². The molecule has 31 heavy (non-hydrogen) atoms. The standard InChI is InChI=1S/C21H22ClN5O4/c1-12(28)11-31-18-7-13-6-14(4-5-17(13)26(2)20(18)29)24-19-16(22)8-23-21(25-19)27-9-15(10-27)30-3/h4-8,15H,9-11H2,1-3H3,(H,23,24,25). The molecule has 1 aromatic carbocycles. The van der Waals surface area contributed by atoms with Gasteiger partial charge in [0, 0.05) is 38.3 Å². The van der Waals surface area contributed by atoms with Crippen LogP contribution in [0.15, 0.2) is 35.3 Å². The normalized spacial score (nSPS) is 13.9. The van der Waals surface area contributed by atoms with Crippen molar-refractivity contribution in [1.29, 1.82) is 0 Å². The van der Waals surface area contributed by atoms with Crippen LogP contribution in [0.25, 0.3) is 10.9 Å². The molecule has 0 spiro atoms. The van der Waals surface area contributed by atoms with Crippen molar-refractivity contribution in [2.45, 2.75) is 13.0 Å². The number of ketones is 1. The number of methoxy groups -OCH3 is 1. The van der Waals surface area contributed by atoms with Crippen molar-refractivity contribution < 1.29 is 14.3 Å². The van der Waals surface area contributed by atoms with Crippen LogP contribution in [0, 0.1) is 0 Å². The third kappa shape index (κ3) is 4.33. The number of benzene rings is 1. The molecular weight excluding hydrogens is 422 g/mol. The molecular formula is C21H22ClN5O4. The third-order valence-electron chi connectivity index (χ3n) is 5.08. The lowest BCUT2D eigenvalue weighted by Gasteiger charge is -2.38. The Morgan fingerprint density at radius 3 is 2.81 bits per heavy atom. The van der Waals surface area contributed by atoms with Gasteiger partial charge in [0.1, 0.15) is 11.6 Å². The summed E-state index contributed by atoms with van der Waals surface area (Å²) in [4.78, 5) is 34.5. The second-order valence-electron chi connectivity index (χ2n) is 7.39. The van der Waals surface area contributed by atoms with E-state index < -0.39 is 0 Å². The molecule has 0 atom stereocenters. The number of carbonyl (C=O) groups excluding carboxylic acids is 1. The first kappa shape index (κ1) is 21.1. The molecule has 2 aromatic heterocycles. The number of pyridine rings is 1. The van der Waals surface area contributed by atoms with E-state index in [1.165, 1.54) is 11.5 Å². The molecule has 0 radical (unpaired) electrons. The molecule has 162 valence electrons. The second-order valence-corrected chi connectivity index (χ2v) is 7.80. The van der Waals surface area contributed by atoms with Crippen LogP contribution in [0.5, 0.6) is 5.75 Å². The first-order chi connectivity index (χ1) is 14.9. The number of rotatable bonds is 7. The molecule has 0 aliphatic carbocycles. The van der Waals surface area contributed by atoms with Gasteiger partial charge in [0.25, 0.3) is 5.56 Å². The van der Waals surface area contributed by atoms with Gasteiger partial charge in [-0.05, 0) is 31.2 Å². The van der Waals surface area contributed by atoms with E-state index in [1.54, 1.807) is 26.4 Å². The topological polar surface area (TPSA) is 98.6 Å². The van der Waals surface area contributed by atoms with Gasteiger partial charge in [0.15, 0.2) is 17.4 Å². The van der Waals surface area contributed by atoms with Gasteiger partial charge in [-0.2, -0.15) is 4.98 Å². The largest absolute Gasteiger partial charge is 0.480 e. The number of aromatic nitrogens is 3. The Labute approximate surface area is 183 Å². The fourth-order valence-electron chi connectivity index (χ4n) is 3.30. The number of ether oxygens (including phenoxy) is 2. The zero-order valence-corrected chi connectivity index (χ0v) is 18.1. The van der Waals surface area contributed by atoms with Crippen molar-refractivity contribution in [3.8, 4) is 5.75 Å². The lowest BCUT2D eigenvalue weighted by atomic mass is 10.2. The second kappa shape index (κ2) is 8.52. The lowest BCUT2D eigenvalue weighted by molar-refractivity contribution is -0.118. The van der Waals surface area contributed by atoms with Gasteiger partial charge in [0.2, 0.25) is 5.95 Å². The van der Waals surface area contributed by atoms with Crippen molar-refractivity contribution in [1.82, 2.24) is 14.5 Å². The summed E-state index contributed by atoms with van der Waals surface area (Å²) in [6.45, 7) is 2.70. The number of nitrogens with one attached hydrogen (secondary N) is 1. The predicted octanol–water partition coefficient (Wildman–Crippen LogP) is 2.53. The van der Waals surface area contributed by atoms with Crippen molar-refractivity contribution in [3.05, 3.63) is 45.8 Å². The van der Waals surface area contributed by atoms with E-state index in [-0.39, 0.29) is 29.8 Å². The first-order valence-corrected chi connectivity index (χ1v) is 10.1. The Kier molecular flexibility index (Phi) is 5.79. The van der Waals surface area contributed by atoms with Gasteiger partial charge in [-0.3, -0.25) is 9.59 Å². The fraction of sp³-hybridized carbons (Fsp3) is 0.333. The molecule has 0 bridgehead atoms. The predicted molar refractivity (Wildman–Crippen MR) is 119 cm³/mol. The van der Waals surface area contributed by atoms with Crippen molar-refractivity contribution in [2.75, 3.05) is 37.0 Å². The molecule has 1 saturated heterocycles. The Hall–Kier alpha value is -3.17. The van der Waals surface area contributed by atoms with E-state index >= 15 is 0 Å². The highest BCUT2D eigenvalue weighted by molar-refractivity contribution is 6.32. The summed E-state index contributed by atoms with van der Waals surface area (Å²) in [7, 11) is 3.34. The quantitative estimate of drug-likeness (QED) is 0.594. The Morgan fingerprint density at radius 2 is 2.10 bits per heavy atom. The third-order valence-corrected chi connectivity index (χ3v) is 5.36. The maximum absolute atomic E-state index is 12.5. The van der Waals surface area contributed by atoms with Crippen LogP contribution in [-0.4, -0.2) is 53.2 Å². The van der Waals surface area contributed by atoms with Gasteiger partial charge in [-0.1, -0.05) is 11.6 Å². The average Bonchev–Trinajstić information content (AvgIpc) is 2.71. The molecule has 1 N–H and O–H groups in total. The number of hydrogen-bond donors (Lipinski definition) is 1. The highest BCUT2D eigenvalue weighted by Gasteiger charge is 2.28. The number of fused-ring (bicyclic) bond motifs is 1. The Morgan fingerprint density at radius 1 is 1.32 bits per heavy atom. The van der Waals surface area contributed by atoms with E-state index in [0.29, 0.717) is 16.8 Å². The molecule has 1 aliphatic rings. The minimum atomic E-state index is -0.304. The molecule has 0 saturated carbocycles. The fourth-order valence-corrected chi connectivity index (χ4v) is 3.44. The van der Waals surface area contributed by atoms with Crippen LogP contribution >= 0.6 is 11.6 Å². The summed E-state index contributed by atoms with van der Waals surface area (Å²) in [6.07, 6.45) is 1.74. The number of halogens is 1. The van der Waals surface area contributed by atoms with Crippen LogP contribution in [0.2, 0.25) is 5.02 Å². The first-order valence-electron chi connectivity index (χ1n) is 9.69. The molecule has 0 amide bonds. The molecule has 10 heteroatoms. The number of carbonyl (C=O) groups is 1. The molecule has 1 fully saturated rings. The van der Waals surface area contributed by atoms with Gasteiger partial charge >= 0.3 is 0 Å². The van der Waals surface area contributed by atoms with Gasteiger partial charge in [-0.15, -0.1) is 0 Å². The number of nitrogens with zero attached hydrogens (tertiary/aromatic N) is 4. The van der Waals surface area contributed by atoms with Crippen LogP contribution in [0.1, 0.15) is 6.92 Å². The van der Waals surface area contributed by atoms with Crippen LogP contribution < -0.4 is 20.5 Å². The van der Waals surface area contributed by atoms with Crippen molar-refractivity contribution in [2.24, 2.45) is 7.05 Å².